The van der Waals surface area contributed by atoms with E-state index in [-0.39, 0.29) is 5.54 Å². The molecule has 2 aromatic carbocycles. The molecule has 0 fully saturated rings. The Hall–Kier alpha value is -1.61. The number of hydrogen-bond donors (Lipinski definition) is 0. The van der Waals surface area contributed by atoms with E-state index in [1.807, 2.05) is 12.3 Å². The monoisotopic (exact) mass is 412 g/mol. The molecule has 138 valence electrons. The second-order valence-electron chi connectivity index (χ2n) is 8.08. The molecule has 0 bridgehead atoms. The molecule has 0 aliphatic carbocycles. The van der Waals surface area contributed by atoms with E-state index in [0.717, 1.165) is 16.7 Å². The van der Waals surface area contributed by atoms with E-state index in [2.05, 4.69) is 90.8 Å². The van der Waals surface area contributed by atoms with Gasteiger partial charge in [0.25, 0.3) is 0 Å². The lowest BCUT2D eigenvalue weighted by Crippen LogP contribution is -2.48. The molecule has 2 nitrogen and oxygen atoms in total. The molecule has 0 N–H and O–H groups in total. The van der Waals surface area contributed by atoms with Crippen molar-refractivity contribution < 1.29 is 0 Å². The molecule has 0 saturated carbocycles. The summed E-state index contributed by atoms with van der Waals surface area (Å²) in [7, 11) is 0. The molecule has 1 aliphatic rings. The average molecular weight is 413 g/mol. The number of fused-ring (bicyclic) bond motifs is 1. The predicted molar refractivity (Wildman–Crippen MR) is 117 cm³/mol. The molecule has 1 aliphatic heterocycles. The van der Waals surface area contributed by atoms with Crippen molar-refractivity contribution in [2.24, 2.45) is 4.99 Å². The van der Waals surface area contributed by atoms with Gasteiger partial charge in [0.1, 0.15) is 0 Å². The number of halogens is 1. The lowest BCUT2D eigenvalue weighted by atomic mass is 9.79. The van der Waals surface area contributed by atoms with Gasteiger partial charge in [-0.15, -0.1) is 0 Å². The minimum absolute atomic E-state index is 0.215. The van der Waals surface area contributed by atoms with E-state index in [1.165, 1.54) is 35.2 Å². The normalized spacial score (nSPS) is 19.0. The number of nitrogens with zero attached hydrogens (tertiary/aromatic N) is 2. The first kappa shape index (κ1) is 19.2. The molecule has 0 spiro atoms. The first-order chi connectivity index (χ1) is 12.3. The molecule has 2 aromatic rings. The smallest absolute Gasteiger partial charge is 0.0633 e. The molecule has 0 radical (unpaired) electrons. The van der Waals surface area contributed by atoms with Crippen LogP contribution >= 0.6 is 15.9 Å². The van der Waals surface area contributed by atoms with Gasteiger partial charge >= 0.3 is 0 Å². The minimum atomic E-state index is 0.215. The lowest BCUT2D eigenvalue weighted by Gasteiger charge is -2.47. The zero-order valence-corrected chi connectivity index (χ0v) is 18.1. The van der Waals surface area contributed by atoms with Crippen LogP contribution < -0.4 is 4.90 Å². The Morgan fingerprint density at radius 3 is 2.69 bits per heavy atom. The third kappa shape index (κ3) is 3.88. The molecule has 0 aromatic heterocycles. The quantitative estimate of drug-likeness (QED) is 0.492. The standard InChI is InChI=1S/C23H29BrN2/c1-6-11-26-22-10-7-18(13-20(22)17(3)14-23(26,4)5)15-25-19-8-9-21(24)16(2)12-19/h7-10,12-13,15,17H,6,11,14H2,1-5H3. The molecular weight excluding hydrogens is 384 g/mol. The van der Waals surface area contributed by atoms with Crippen LogP contribution in [0.4, 0.5) is 11.4 Å². The number of anilines is 1. The van der Waals surface area contributed by atoms with Crippen molar-refractivity contribution in [2.45, 2.75) is 58.9 Å². The maximum atomic E-state index is 4.68. The first-order valence-electron chi connectivity index (χ1n) is 9.53. The molecular formula is C23H29BrN2. The summed E-state index contributed by atoms with van der Waals surface area (Å²) in [5, 5.41) is 0. The van der Waals surface area contributed by atoms with Crippen LogP contribution in [0.15, 0.2) is 45.9 Å². The second kappa shape index (κ2) is 7.56. The molecule has 1 heterocycles. The Bertz CT molecular complexity index is 823. The number of aryl methyl sites for hydroxylation is 1. The van der Waals surface area contributed by atoms with Crippen LogP contribution in [0.5, 0.6) is 0 Å². The summed E-state index contributed by atoms with van der Waals surface area (Å²) in [5.41, 5.74) is 6.43. The third-order valence-corrected chi connectivity index (χ3v) is 6.25. The van der Waals surface area contributed by atoms with Gasteiger partial charge in [-0.3, -0.25) is 4.99 Å². The Morgan fingerprint density at radius 2 is 2.00 bits per heavy atom. The zero-order chi connectivity index (χ0) is 18.9. The van der Waals surface area contributed by atoms with Crippen molar-refractivity contribution in [2.75, 3.05) is 11.4 Å². The molecule has 0 saturated heterocycles. The number of rotatable bonds is 4. The molecule has 0 amide bonds. The van der Waals surface area contributed by atoms with Gasteiger partial charge in [-0.2, -0.15) is 0 Å². The van der Waals surface area contributed by atoms with Gasteiger partial charge in [0.05, 0.1) is 5.69 Å². The summed E-state index contributed by atoms with van der Waals surface area (Å²) < 4.78 is 1.12. The van der Waals surface area contributed by atoms with Crippen LogP contribution in [0.2, 0.25) is 0 Å². The number of aliphatic imine (C=N–C) groups is 1. The summed E-state index contributed by atoms with van der Waals surface area (Å²) in [4.78, 5) is 7.26. The van der Waals surface area contributed by atoms with Gasteiger partial charge in [0.2, 0.25) is 0 Å². The van der Waals surface area contributed by atoms with Crippen molar-refractivity contribution in [3.63, 3.8) is 0 Å². The Morgan fingerprint density at radius 1 is 1.23 bits per heavy atom. The van der Waals surface area contributed by atoms with Gasteiger partial charge in [-0.05, 0) is 86.6 Å². The van der Waals surface area contributed by atoms with Crippen LogP contribution in [0, 0.1) is 6.92 Å². The number of benzene rings is 2. The maximum Gasteiger partial charge on any atom is 0.0633 e. The first-order valence-corrected chi connectivity index (χ1v) is 10.3. The highest BCUT2D eigenvalue weighted by Crippen LogP contribution is 2.43. The molecule has 3 rings (SSSR count). The van der Waals surface area contributed by atoms with Crippen molar-refractivity contribution in [3.05, 3.63) is 57.6 Å². The lowest BCUT2D eigenvalue weighted by molar-refractivity contribution is 0.376. The van der Waals surface area contributed by atoms with Gasteiger partial charge in [0.15, 0.2) is 0 Å². The van der Waals surface area contributed by atoms with Gasteiger partial charge in [-0.1, -0.05) is 35.8 Å². The second-order valence-corrected chi connectivity index (χ2v) is 8.93. The molecule has 1 atom stereocenters. The van der Waals surface area contributed by atoms with Crippen LogP contribution in [0.1, 0.15) is 63.1 Å². The highest BCUT2D eigenvalue weighted by molar-refractivity contribution is 9.10. The largest absolute Gasteiger partial charge is 0.366 e. The van der Waals surface area contributed by atoms with Crippen LogP contribution in [0.3, 0.4) is 0 Å². The van der Waals surface area contributed by atoms with E-state index in [4.69, 9.17) is 0 Å². The van der Waals surface area contributed by atoms with E-state index >= 15 is 0 Å². The van der Waals surface area contributed by atoms with E-state index in [1.54, 1.807) is 0 Å². The summed E-state index contributed by atoms with van der Waals surface area (Å²) >= 11 is 3.54. The minimum Gasteiger partial charge on any atom is -0.366 e. The van der Waals surface area contributed by atoms with Crippen molar-refractivity contribution >= 4 is 33.5 Å². The number of hydrogen-bond acceptors (Lipinski definition) is 2. The summed E-state index contributed by atoms with van der Waals surface area (Å²) in [6, 6.07) is 13.0. The van der Waals surface area contributed by atoms with Crippen molar-refractivity contribution in [3.8, 4) is 0 Å². The average Bonchev–Trinajstić information content (AvgIpc) is 2.59. The van der Waals surface area contributed by atoms with E-state index in [0.29, 0.717) is 5.92 Å². The van der Waals surface area contributed by atoms with Gasteiger partial charge in [0, 0.05) is 28.5 Å². The highest BCUT2D eigenvalue weighted by atomic mass is 79.9. The van der Waals surface area contributed by atoms with E-state index in [9.17, 15) is 0 Å². The maximum absolute atomic E-state index is 4.68. The summed E-state index contributed by atoms with van der Waals surface area (Å²) in [6.07, 6.45) is 4.34. The Labute approximate surface area is 166 Å². The Balaban J connectivity index is 1.91. The predicted octanol–water partition coefficient (Wildman–Crippen LogP) is 7.01. The third-order valence-electron chi connectivity index (χ3n) is 5.36. The van der Waals surface area contributed by atoms with E-state index < -0.39 is 0 Å². The fourth-order valence-electron chi connectivity index (χ4n) is 4.09. The van der Waals surface area contributed by atoms with Gasteiger partial charge in [-0.25, -0.2) is 0 Å². The van der Waals surface area contributed by atoms with Gasteiger partial charge < -0.3 is 4.90 Å². The zero-order valence-electron chi connectivity index (χ0n) is 16.5. The SMILES string of the molecule is CCCN1c2ccc(C=Nc3ccc(Br)c(C)c3)cc2C(C)CC1(C)C. The summed E-state index contributed by atoms with van der Waals surface area (Å²) in [6.45, 7) is 12.5. The topological polar surface area (TPSA) is 15.6 Å². The molecule has 26 heavy (non-hydrogen) atoms. The highest BCUT2D eigenvalue weighted by Gasteiger charge is 2.35. The molecule has 1 unspecified atom stereocenters. The van der Waals surface area contributed by atoms with Crippen LogP contribution in [0.25, 0.3) is 0 Å². The fraction of sp³-hybridized carbons (Fsp3) is 0.435. The van der Waals surface area contributed by atoms with Crippen LogP contribution in [-0.4, -0.2) is 18.3 Å². The molecule has 3 heteroatoms. The van der Waals surface area contributed by atoms with Crippen molar-refractivity contribution in [1.82, 2.24) is 0 Å². The Kier molecular flexibility index (Phi) is 5.57. The van der Waals surface area contributed by atoms with Crippen LogP contribution in [-0.2, 0) is 0 Å². The fourth-order valence-corrected chi connectivity index (χ4v) is 4.34. The van der Waals surface area contributed by atoms with Crippen molar-refractivity contribution in [1.29, 1.82) is 0 Å². The summed E-state index contributed by atoms with van der Waals surface area (Å²) in [5.74, 6) is 0.566.